The van der Waals surface area contributed by atoms with E-state index in [-0.39, 0.29) is 50.4 Å². The molecule has 14 N–H and O–H groups in total. The number of aromatic amines is 1. The number of carbonyl (C=O) groups excluding carboxylic acids is 4. The molecular weight excluding hydrogens is 610 g/mol. The third-order valence-electron chi connectivity index (χ3n) is 7.34. The molecule has 16 nitrogen and oxygen atoms in total. The van der Waals surface area contributed by atoms with E-state index in [4.69, 9.17) is 22.9 Å². The highest BCUT2D eigenvalue weighted by molar-refractivity contribution is 5.95. The number of aliphatic carboxylic acids is 1. The maximum atomic E-state index is 13.9. The molecule has 1 aromatic heterocycles. The maximum Gasteiger partial charge on any atom is 0.326 e. The summed E-state index contributed by atoms with van der Waals surface area (Å²) in [6, 6.07) is 8.26. The third kappa shape index (κ3) is 11.3. The Balaban J connectivity index is 1.87. The molecule has 252 valence electrons. The zero-order valence-electron chi connectivity index (χ0n) is 25.6. The van der Waals surface area contributed by atoms with Gasteiger partial charge in [0, 0.05) is 42.9 Å². The fourth-order valence-electron chi connectivity index (χ4n) is 4.82. The zero-order chi connectivity index (χ0) is 34.5. The summed E-state index contributed by atoms with van der Waals surface area (Å²) in [5, 5.41) is 27.8. The third-order valence-corrected chi connectivity index (χ3v) is 7.34. The van der Waals surface area contributed by atoms with Crippen LogP contribution in [0.5, 0.6) is 5.75 Å². The number of carbonyl (C=O) groups is 5. The molecular formula is C31H41N9O7. The summed E-state index contributed by atoms with van der Waals surface area (Å²) in [6.45, 7) is 0.257. The van der Waals surface area contributed by atoms with E-state index >= 15 is 0 Å². The Morgan fingerprint density at radius 1 is 0.809 bits per heavy atom. The molecule has 0 aliphatic heterocycles. The molecule has 0 saturated carbocycles. The van der Waals surface area contributed by atoms with Gasteiger partial charge in [0.2, 0.25) is 23.6 Å². The van der Waals surface area contributed by atoms with Crippen molar-refractivity contribution in [3.8, 4) is 5.75 Å². The van der Waals surface area contributed by atoms with E-state index in [2.05, 4.69) is 25.9 Å². The number of phenols is 1. The minimum Gasteiger partial charge on any atom is -0.508 e. The first kappa shape index (κ1) is 35.8. The van der Waals surface area contributed by atoms with Crippen molar-refractivity contribution in [1.29, 1.82) is 0 Å². The first-order chi connectivity index (χ1) is 22.3. The predicted octanol–water partition coefficient (Wildman–Crippen LogP) is -1.16. The highest BCUT2D eigenvalue weighted by atomic mass is 16.4. The summed E-state index contributed by atoms with van der Waals surface area (Å²) >= 11 is 0. The largest absolute Gasteiger partial charge is 0.508 e. The molecule has 3 rings (SSSR count). The van der Waals surface area contributed by atoms with Crippen LogP contribution in [0.25, 0.3) is 10.9 Å². The molecule has 16 heteroatoms. The van der Waals surface area contributed by atoms with Crippen LogP contribution in [0.3, 0.4) is 0 Å². The van der Waals surface area contributed by atoms with Gasteiger partial charge >= 0.3 is 5.97 Å². The lowest BCUT2D eigenvalue weighted by molar-refractivity contribution is -0.142. The molecule has 0 bridgehead atoms. The number of carboxylic acids is 1. The van der Waals surface area contributed by atoms with Gasteiger partial charge < -0.3 is 54.1 Å². The number of aliphatic imine (C=N–C) groups is 1. The Kier molecular flexibility index (Phi) is 13.1. The van der Waals surface area contributed by atoms with Crippen LogP contribution in [0.1, 0.15) is 36.8 Å². The fourth-order valence-corrected chi connectivity index (χ4v) is 4.82. The van der Waals surface area contributed by atoms with Gasteiger partial charge in [-0.15, -0.1) is 0 Å². The van der Waals surface area contributed by atoms with Gasteiger partial charge in [-0.1, -0.05) is 30.3 Å². The molecule has 0 radical (unpaired) electrons. The number of aromatic nitrogens is 1. The number of carboxylic acid groups (broad SMARTS) is 1. The van der Waals surface area contributed by atoms with E-state index in [1.54, 1.807) is 6.20 Å². The lowest BCUT2D eigenvalue weighted by Crippen LogP contribution is -2.58. The van der Waals surface area contributed by atoms with Crippen molar-refractivity contribution >= 4 is 46.5 Å². The molecule has 4 atom stereocenters. The first-order valence-corrected chi connectivity index (χ1v) is 14.9. The number of fused-ring (bicyclic) bond motifs is 1. The number of nitrogens with zero attached hydrogens (tertiary/aromatic N) is 1. The number of phenolic OH excluding ortho intramolecular Hbond substituents is 1. The standard InChI is InChI=1S/C31H41N9O7/c32-21(5-3-13-36-31(34)35)27(43)39-25(15-18-16-37-22-6-2-1-4-20(18)22)29(45)40-24(14-17-7-9-19(41)10-8-17)28(44)38-23(30(46)47)11-12-26(33)42/h1-2,4,6-10,16,21,23-25,37,41H,3,5,11-15,32H2,(H2,33,42)(H,38,44)(H,39,43)(H,40,45)(H,46,47)(H4,34,35,36). The van der Waals surface area contributed by atoms with E-state index in [1.807, 2.05) is 24.3 Å². The summed E-state index contributed by atoms with van der Waals surface area (Å²) in [6.07, 6.45) is 1.69. The van der Waals surface area contributed by atoms with Gasteiger partial charge in [-0.25, -0.2) is 4.79 Å². The summed E-state index contributed by atoms with van der Waals surface area (Å²) in [4.78, 5) is 70.6. The van der Waals surface area contributed by atoms with Crippen molar-refractivity contribution in [3.63, 3.8) is 0 Å². The van der Waals surface area contributed by atoms with Gasteiger partial charge in [0.05, 0.1) is 6.04 Å². The molecule has 47 heavy (non-hydrogen) atoms. The second-order valence-electron chi connectivity index (χ2n) is 11.0. The molecule has 0 fully saturated rings. The van der Waals surface area contributed by atoms with Crippen LogP contribution in [-0.2, 0) is 36.8 Å². The second kappa shape index (κ2) is 17.2. The van der Waals surface area contributed by atoms with Gasteiger partial charge in [-0.05, 0) is 48.6 Å². The lowest BCUT2D eigenvalue weighted by atomic mass is 10.0. The highest BCUT2D eigenvalue weighted by Crippen LogP contribution is 2.20. The van der Waals surface area contributed by atoms with Crippen molar-refractivity contribution in [2.24, 2.45) is 27.9 Å². The summed E-state index contributed by atoms with van der Waals surface area (Å²) in [5.74, 6) is -4.46. The van der Waals surface area contributed by atoms with E-state index in [0.717, 1.165) is 10.9 Å². The van der Waals surface area contributed by atoms with E-state index < -0.39 is 53.8 Å². The number of primary amides is 1. The number of hydrogen-bond acceptors (Lipinski definition) is 8. The van der Waals surface area contributed by atoms with Crippen LogP contribution in [0.15, 0.2) is 59.7 Å². The van der Waals surface area contributed by atoms with Crippen molar-refractivity contribution in [2.45, 2.75) is 62.7 Å². The minimum atomic E-state index is -1.46. The van der Waals surface area contributed by atoms with Crippen molar-refractivity contribution < 1.29 is 34.2 Å². The van der Waals surface area contributed by atoms with Crippen molar-refractivity contribution in [2.75, 3.05) is 6.54 Å². The Labute approximate surface area is 270 Å². The van der Waals surface area contributed by atoms with Crippen LogP contribution >= 0.6 is 0 Å². The topological polar surface area (TPSA) is 294 Å². The van der Waals surface area contributed by atoms with Gasteiger partial charge in [-0.2, -0.15) is 0 Å². The van der Waals surface area contributed by atoms with Crippen molar-refractivity contribution in [3.05, 3.63) is 65.9 Å². The number of amides is 4. The molecule has 0 aliphatic rings. The van der Waals surface area contributed by atoms with Crippen LogP contribution < -0.4 is 38.9 Å². The van der Waals surface area contributed by atoms with Crippen LogP contribution in [0, 0.1) is 0 Å². The molecule has 2 aromatic carbocycles. The first-order valence-electron chi connectivity index (χ1n) is 14.9. The number of H-pyrrole nitrogens is 1. The van der Waals surface area contributed by atoms with Crippen LogP contribution in [0.4, 0.5) is 0 Å². The number of nitrogens with two attached hydrogens (primary N) is 4. The maximum absolute atomic E-state index is 13.9. The van der Waals surface area contributed by atoms with Gasteiger partial charge in [0.25, 0.3) is 0 Å². The Morgan fingerprint density at radius 3 is 2.06 bits per heavy atom. The summed E-state index contributed by atoms with van der Waals surface area (Å²) < 4.78 is 0. The molecule has 4 amide bonds. The molecule has 4 unspecified atom stereocenters. The molecule has 3 aromatic rings. The number of aromatic hydroxyl groups is 1. The SMILES string of the molecule is NC(=O)CCC(NC(=O)C(Cc1ccc(O)cc1)NC(=O)C(Cc1c[nH]c2ccccc12)NC(=O)C(N)CCCN=C(N)N)C(=O)O. The fraction of sp³-hybridized carbons (Fsp3) is 0.355. The minimum absolute atomic E-state index is 0.0201. The van der Waals surface area contributed by atoms with E-state index in [1.165, 1.54) is 24.3 Å². The Hall–Kier alpha value is -5.64. The number of rotatable bonds is 18. The normalized spacial score (nSPS) is 13.5. The second-order valence-corrected chi connectivity index (χ2v) is 11.0. The van der Waals surface area contributed by atoms with Gasteiger partial charge in [0.1, 0.15) is 23.9 Å². The number of benzene rings is 2. The van der Waals surface area contributed by atoms with Gasteiger partial charge in [-0.3, -0.25) is 24.2 Å². The summed E-state index contributed by atoms with van der Waals surface area (Å²) in [5.41, 5.74) is 24.0. The number of para-hydroxylation sites is 1. The Morgan fingerprint density at radius 2 is 1.43 bits per heavy atom. The summed E-state index contributed by atoms with van der Waals surface area (Å²) in [7, 11) is 0. The lowest BCUT2D eigenvalue weighted by Gasteiger charge is -2.25. The van der Waals surface area contributed by atoms with Crippen LogP contribution in [-0.4, -0.2) is 81.5 Å². The Bertz CT molecular complexity index is 1590. The van der Waals surface area contributed by atoms with E-state index in [9.17, 15) is 34.2 Å². The molecule has 0 spiro atoms. The van der Waals surface area contributed by atoms with Crippen molar-refractivity contribution in [1.82, 2.24) is 20.9 Å². The number of nitrogens with one attached hydrogen (secondary N) is 4. The average molecular weight is 652 g/mol. The smallest absolute Gasteiger partial charge is 0.326 e. The average Bonchev–Trinajstić information content (AvgIpc) is 3.43. The van der Waals surface area contributed by atoms with E-state index in [0.29, 0.717) is 17.5 Å². The number of guanidine groups is 1. The monoisotopic (exact) mass is 651 g/mol. The highest BCUT2D eigenvalue weighted by Gasteiger charge is 2.31. The molecule has 1 heterocycles. The van der Waals surface area contributed by atoms with Crippen LogP contribution in [0.2, 0.25) is 0 Å². The zero-order valence-corrected chi connectivity index (χ0v) is 25.6. The van der Waals surface area contributed by atoms with Gasteiger partial charge in [0.15, 0.2) is 5.96 Å². The quantitative estimate of drug-likeness (QED) is 0.0447. The predicted molar refractivity (Wildman–Crippen MR) is 174 cm³/mol. The molecule has 0 saturated heterocycles. The molecule has 0 aliphatic carbocycles. The number of hydrogen-bond donors (Lipinski definition) is 10.